The van der Waals surface area contributed by atoms with Crippen LogP contribution in [0.5, 0.6) is 0 Å². The number of aliphatic hydroxyl groups excluding tert-OH is 1. The Morgan fingerprint density at radius 1 is 1.11 bits per heavy atom. The van der Waals surface area contributed by atoms with E-state index >= 15 is 0 Å². The SMILES string of the molecule is O=C(NCc1ccc(F)cc1)[C@H](O)c1ccccc1. The number of hydrogen-bond acceptors (Lipinski definition) is 2. The molecule has 0 fully saturated rings. The second-order valence-electron chi connectivity index (χ2n) is 4.16. The van der Waals surface area contributed by atoms with Crippen molar-refractivity contribution in [1.29, 1.82) is 0 Å². The molecule has 0 aliphatic rings. The number of benzene rings is 2. The fraction of sp³-hybridized carbons (Fsp3) is 0.133. The summed E-state index contributed by atoms with van der Waals surface area (Å²) in [6.45, 7) is 0.253. The molecular formula is C15H14FNO2. The molecule has 0 unspecified atom stereocenters. The first-order valence-corrected chi connectivity index (χ1v) is 5.92. The first kappa shape index (κ1) is 13.2. The normalized spacial score (nSPS) is 11.9. The van der Waals surface area contributed by atoms with E-state index in [1.807, 2.05) is 6.07 Å². The van der Waals surface area contributed by atoms with Crippen molar-refractivity contribution in [3.05, 3.63) is 71.5 Å². The molecule has 0 heterocycles. The fourth-order valence-electron chi connectivity index (χ4n) is 1.67. The van der Waals surface area contributed by atoms with Gasteiger partial charge in [0.1, 0.15) is 5.82 Å². The second kappa shape index (κ2) is 6.11. The molecule has 0 saturated heterocycles. The van der Waals surface area contributed by atoms with Crippen molar-refractivity contribution in [1.82, 2.24) is 5.32 Å². The van der Waals surface area contributed by atoms with Gasteiger partial charge in [0.15, 0.2) is 6.10 Å². The number of halogens is 1. The van der Waals surface area contributed by atoms with Crippen LogP contribution >= 0.6 is 0 Å². The van der Waals surface area contributed by atoms with Crippen LogP contribution in [0.15, 0.2) is 54.6 Å². The standard InChI is InChI=1S/C15H14FNO2/c16-13-8-6-11(7-9-13)10-17-15(19)14(18)12-4-2-1-3-5-12/h1-9,14,18H,10H2,(H,17,19)/t14-/m1/s1. The average Bonchev–Trinajstić information content (AvgIpc) is 2.46. The van der Waals surface area contributed by atoms with Crippen molar-refractivity contribution in [2.75, 3.05) is 0 Å². The summed E-state index contributed by atoms with van der Waals surface area (Å²) in [6.07, 6.45) is -1.19. The summed E-state index contributed by atoms with van der Waals surface area (Å²) in [4.78, 5) is 11.7. The Morgan fingerprint density at radius 3 is 2.37 bits per heavy atom. The molecule has 98 valence electrons. The van der Waals surface area contributed by atoms with Gasteiger partial charge in [0.05, 0.1) is 0 Å². The second-order valence-corrected chi connectivity index (χ2v) is 4.16. The van der Waals surface area contributed by atoms with Crippen molar-refractivity contribution in [2.45, 2.75) is 12.6 Å². The Labute approximate surface area is 110 Å². The number of rotatable bonds is 4. The van der Waals surface area contributed by atoms with E-state index in [-0.39, 0.29) is 12.4 Å². The van der Waals surface area contributed by atoms with Gasteiger partial charge in [-0.05, 0) is 23.3 Å². The Hall–Kier alpha value is -2.20. The van der Waals surface area contributed by atoms with E-state index in [0.29, 0.717) is 5.56 Å². The monoisotopic (exact) mass is 259 g/mol. The topological polar surface area (TPSA) is 49.3 Å². The largest absolute Gasteiger partial charge is 0.378 e. The van der Waals surface area contributed by atoms with Crippen LogP contribution < -0.4 is 5.32 Å². The molecule has 1 atom stereocenters. The molecule has 0 spiro atoms. The maximum atomic E-state index is 12.7. The zero-order valence-electron chi connectivity index (χ0n) is 10.2. The molecule has 1 amide bonds. The smallest absolute Gasteiger partial charge is 0.253 e. The highest BCUT2D eigenvalue weighted by atomic mass is 19.1. The molecule has 0 aliphatic heterocycles. The van der Waals surface area contributed by atoms with Gasteiger partial charge in [0, 0.05) is 6.54 Å². The van der Waals surface area contributed by atoms with Gasteiger partial charge >= 0.3 is 0 Å². The highest BCUT2D eigenvalue weighted by Gasteiger charge is 2.16. The van der Waals surface area contributed by atoms with Gasteiger partial charge in [0.25, 0.3) is 5.91 Å². The molecule has 0 radical (unpaired) electrons. The Kier molecular flexibility index (Phi) is 4.26. The molecule has 2 aromatic carbocycles. The van der Waals surface area contributed by atoms with Crippen LogP contribution in [-0.4, -0.2) is 11.0 Å². The third-order valence-corrected chi connectivity index (χ3v) is 2.74. The quantitative estimate of drug-likeness (QED) is 0.884. The van der Waals surface area contributed by atoms with Crippen molar-refractivity contribution in [3.8, 4) is 0 Å². The summed E-state index contributed by atoms with van der Waals surface area (Å²) >= 11 is 0. The molecule has 2 N–H and O–H groups in total. The third kappa shape index (κ3) is 3.63. The van der Waals surface area contributed by atoms with Gasteiger partial charge in [-0.2, -0.15) is 0 Å². The molecule has 0 aliphatic carbocycles. The minimum Gasteiger partial charge on any atom is -0.378 e. The maximum absolute atomic E-state index is 12.7. The van der Waals surface area contributed by atoms with Crippen molar-refractivity contribution >= 4 is 5.91 Å². The van der Waals surface area contributed by atoms with Crippen molar-refractivity contribution in [3.63, 3.8) is 0 Å². The molecule has 4 heteroatoms. The van der Waals surface area contributed by atoms with Crippen LogP contribution in [0.3, 0.4) is 0 Å². The number of nitrogens with one attached hydrogen (secondary N) is 1. The summed E-state index contributed by atoms with van der Waals surface area (Å²) < 4.78 is 12.7. The fourth-order valence-corrected chi connectivity index (χ4v) is 1.67. The summed E-state index contributed by atoms with van der Waals surface area (Å²) in [5, 5.41) is 12.4. The molecule has 3 nitrogen and oxygen atoms in total. The third-order valence-electron chi connectivity index (χ3n) is 2.74. The number of hydrogen-bond donors (Lipinski definition) is 2. The van der Waals surface area contributed by atoms with E-state index in [9.17, 15) is 14.3 Å². The van der Waals surface area contributed by atoms with E-state index in [2.05, 4.69) is 5.32 Å². The van der Waals surface area contributed by atoms with Crippen molar-refractivity contribution < 1.29 is 14.3 Å². The first-order valence-electron chi connectivity index (χ1n) is 5.92. The highest BCUT2D eigenvalue weighted by Crippen LogP contribution is 2.12. The van der Waals surface area contributed by atoms with Crippen molar-refractivity contribution in [2.24, 2.45) is 0 Å². The lowest BCUT2D eigenvalue weighted by Gasteiger charge is -2.11. The first-order chi connectivity index (χ1) is 9.16. The van der Waals surface area contributed by atoms with Crippen LogP contribution in [0.25, 0.3) is 0 Å². The van der Waals surface area contributed by atoms with Gasteiger partial charge < -0.3 is 10.4 Å². The van der Waals surface area contributed by atoms with Crippen LogP contribution in [0.2, 0.25) is 0 Å². The zero-order chi connectivity index (χ0) is 13.7. The number of carbonyl (C=O) groups is 1. The predicted molar refractivity (Wildman–Crippen MR) is 69.6 cm³/mol. The summed E-state index contributed by atoms with van der Waals surface area (Å²) in [7, 11) is 0. The lowest BCUT2D eigenvalue weighted by Crippen LogP contribution is -2.28. The maximum Gasteiger partial charge on any atom is 0.253 e. The van der Waals surface area contributed by atoms with Gasteiger partial charge in [-0.15, -0.1) is 0 Å². The van der Waals surface area contributed by atoms with Crippen LogP contribution in [-0.2, 0) is 11.3 Å². The van der Waals surface area contributed by atoms with Gasteiger partial charge in [0.2, 0.25) is 0 Å². The van der Waals surface area contributed by atoms with Crippen LogP contribution in [0.4, 0.5) is 4.39 Å². The van der Waals surface area contributed by atoms with E-state index in [0.717, 1.165) is 5.56 Å². The Bertz CT molecular complexity index is 540. The van der Waals surface area contributed by atoms with Gasteiger partial charge in [-0.3, -0.25) is 4.79 Å². The lowest BCUT2D eigenvalue weighted by atomic mass is 10.1. The molecule has 19 heavy (non-hydrogen) atoms. The van der Waals surface area contributed by atoms with E-state index in [1.165, 1.54) is 12.1 Å². The minimum atomic E-state index is -1.19. The number of amides is 1. The Morgan fingerprint density at radius 2 is 1.74 bits per heavy atom. The minimum absolute atomic E-state index is 0.253. The zero-order valence-corrected chi connectivity index (χ0v) is 10.2. The summed E-state index contributed by atoms with van der Waals surface area (Å²) in [5.41, 5.74) is 1.31. The number of carbonyl (C=O) groups excluding carboxylic acids is 1. The van der Waals surface area contributed by atoms with Gasteiger partial charge in [-0.25, -0.2) is 4.39 Å². The molecule has 0 aromatic heterocycles. The molecule has 2 rings (SSSR count). The van der Waals surface area contributed by atoms with E-state index in [4.69, 9.17) is 0 Å². The average molecular weight is 259 g/mol. The molecule has 0 bridgehead atoms. The summed E-state index contributed by atoms with van der Waals surface area (Å²) in [6, 6.07) is 14.5. The Balaban J connectivity index is 1.93. The lowest BCUT2D eigenvalue weighted by molar-refractivity contribution is -0.129. The van der Waals surface area contributed by atoms with Crippen LogP contribution in [0, 0.1) is 5.82 Å². The van der Waals surface area contributed by atoms with E-state index in [1.54, 1.807) is 36.4 Å². The molecule has 0 saturated carbocycles. The van der Waals surface area contributed by atoms with Gasteiger partial charge in [-0.1, -0.05) is 42.5 Å². The summed E-state index contributed by atoms with van der Waals surface area (Å²) in [5.74, 6) is -0.796. The molecular weight excluding hydrogens is 245 g/mol. The van der Waals surface area contributed by atoms with E-state index < -0.39 is 12.0 Å². The highest BCUT2D eigenvalue weighted by molar-refractivity contribution is 5.81. The number of aliphatic hydroxyl groups is 1. The van der Waals surface area contributed by atoms with Crippen LogP contribution in [0.1, 0.15) is 17.2 Å². The predicted octanol–water partition coefficient (Wildman–Crippen LogP) is 2.18. The molecule has 2 aromatic rings.